The highest BCUT2D eigenvalue weighted by Crippen LogP contribution is 2.32. The van der Waals surface area contributed by atoms with Crippen LogP contribution in [0.5, 0.6) is 0 Å². The summed E-state index contributed by atoms with van der Waals surface area (Å²) in [5.41, 5.74) is 0.573. The Bertz CT molecular complexity index is 543. The number of halogens is 1. The molecule has 2 aromatic rings. The van der Waals surface area contributed by atoms with Gasteiger partial charge in [0.15, 0.2) is 4.34 Å². The molecule has 0 unspecified atom stereocenters. The van der Waals surface area contributed by atoms with Crippen LogP contribution in [0.3, 0.4) is 0 Å². The SMILES string of the molecule is CCc1nsc(Sc2ccc([C@H](C)O)cc2F)n1. The highest BCUT2D eigenvalue weighted by Gasteiger charge is 2.11. The maximum atomic E-state index is 13.8. The van der Waals surface area contributed by atoms with Crippen molar-refractivity contribution in [1.29, 1.82) is 0 Å². The second-order valence-corrected chi connectivity index (χ2v) is 5.84. The van der Waals surface area contributed by atoms with Crippen molar-refractivity contribution in [2.45, 2.75) is 35.6 Å². The van der Waals surface area contributed by atoms with Crippen molar-refractivity contribution in [3.05, 3.63) is 35.4 Å². The molecule has 0 amide bonds. The van der Waals surface area contributed by atoms with E-state index in [1.807, 2.05) is 6.92 Å². The molecule has 1 N–H and O–H groups in total. The van der Waals surface area contributed by atoms with Gasteiger partial charge in [-0.1, -0.05) is 24.8 Å². The number of hydrogen-bond donors (Lipinski definition) is 1. The van der Waals surface area contributed by atoms with Crippen LogP contribution in [0.15, 0.2) is 27.4 Å². The van der Waals surface area contributed by atoms with Crippen LogP contribution in [0.4, 0.5) is 4.39 Å². The van der Waals surface area contributed by atoms with Crippen molar-refractivity contribution < 1.29 is 9.50 Å². The zero-order valence-corrected chi connectivity index (χ0v) is 11.7. The molecular weight excluding hydrogens is 271 g/mol. The van der Waals surface area contributed by atoms with E-state index in [9.17, 15) is 9.50 Å². The maximum absolute atomic E-state index is 13.8. The van der Waals surface area contributed by atoms with Crippen molar-refractivity contribution in [3.63, 3.8) is 0 Å². The zero-order valence-electron chi connectivity index (χ0n) is 10.1. The van der Waals surface area contributed by atoms with Gasteiger partial charge in [-0.3, -0.25) is 0 Å². The maximum Gasteiger partial charge on any atom is 0.174 e. The van der Waals surface area contributed by atoms with E-state index < -0.39 is 6.10 Å². The monoisotopic (exact) mass is 284 g/mol. The average molecular weight is 284 g/mol. The molecular formula is C12H13FN2OS2. The van der Waals surface area contributed by atoms with Crippen LogP contribution in [0.2, 0.25) is 0 Å². The van der Waals surface area contributed by atoms with Crippen LogP contribution in [-0.4, -0.2) is 14.5 Å². The van der Waals surface area contributed by atoms with Gasteiger partial charge in [-0.05, 0) is 36.2 Å². The third kappa shape index (κ3) is 3.07. The minimum absolute atomic E-state index is 0.341. The van der Waals surface area contributed by atoms with Crippen LogP contribution in [0.25, 0.3) is 0 Å². The normalized spacial score (nSPS) is 12.7. The quantitative estimate of drug-likeness (QED) is 0.934. The lowest BCUT2D eigenvalue weighted by Crippen LogP contribution is -1.92. The highest BCUT2D eigenvalue weighted by atomic mass is 32.2. The lowest BCUT2D eigenvalue weighted by atomic mass is 10.1. The van der Waals surface area contributed by atoms with Gasteiger partial charge in [0.05, 0.1) is 11.0 Å². The predicted octanol–water partition coefficient (Wildman–Crippen LogP) is 3.44. The first-order valence-electron chi connectivity index (χ1n) is 5.58. The van der Waals surface area contributed by atoms with Crippen molar-refractivity contribution in [1.82, 2.24) is 9.36 Å². The molecule has 6 heteroatoms. The summed E-state index contributed by atoms with van der Waals surface area (Å²) in [6, 6.07) is 4.74. The predicted molar refractivity (Wildman–Crippen MR) is 70.4 cm³/mol. The van der Waals surface area contributed by atoms with Gasteiger partial charge in [0.25, 0.3) is 0 Å². The van der Waals surface area contributed by atoms with Gasteiger partial charge in [0.2, 0.25) is 0 Å². The van der Waals surface area contributed by atoms with Crippen LogP contribution < -0.4 is 0 Å². The number of rotatable bonds is 4. The Labute approximate surface area is 113 Å². The second-order valence-electron chi connectivity index (χ2n) is 3.80. The van der Waals surface area contributed by atoms with Crippen molar-refractivity contribution in [2.75, 3.05) is 0 Å². The first kappa shape index (κ1) is 13.5. The largest absolute Gasteiger partial charge is 0.389 e. The molecule has 0 spiro atoms. The average Bonchev–Trinajstić information content (AvgIpc) is 2.79. The summed E-state index contributed by atoms with van der Waals surface area (Å²) in [5.74, 6) is 0.440. The number of hydrogen-bond acceptors (Lipinski definition) is 5. The molecule has 0 fully saturated rings. The van der Waals surface area contributed by atoms with E-state index in [0.29, 0.717) is 10.5 Å². The fourth-order valence-electron chi connectivity index (χ4n) is 1.38. The summed E-state index contributed by atoms with van der Waals surface area (Å²) in [6.07, 6.45) is 0.118. The molecule has 0 saturated heterocycles. The third-order valence-corrected chi connectivity index (χ3v) is 4.24. The van der Waals surface area contributed by atoms with E-state index in [1.54, 1.807) is 19.1 Å². The summed E-state index contributed by atoms with van der Waals surface area (Å²) in [4.78, 5) is 4.78. The van der Waals surface area contributed by atoms with E-state index in [2.05, 4.69) is 9.36 Å². The van der Waals surface area contributed by atoms with Crippen molar-refractivity contribution in [2.24, 2.45) is 0 Å². The summed E-state index contributed by atoms with van der Waals surface area (Å²) >= 11 is 2.53. The summed E-state index contributed by atoms with van der Waals surface area (Å²) in [7, 11) is 0. The molecule has 0 aliphatic carbocycles. The molecule has 0 aliphatic heterocycles. The Kier molecular flexibility index (Phi) is 4.31. The van der Waals surface area contributed by atoms with Crippen LogP contribution in [0, 0.1) is 5.82 Å². The molecule has 18 heavy (non-hydrogen) atoms. The van der Waals surface area contributed by atoms with Gasteiger partial charge < -0.3 is 5.11 Å². The first-order valence-corrected chi connectivity index (χ1v) is 7.17. The number of aliphatic hydroxyl groups is 1. The van der Waals surface area contributed by atoms with E-state index in [4.69, 9.17) is 0 Å². The van der Waals surface area contributed by atoms with Gasteiger partial charge >= 0.3 is 0 Å². The Morgan fingerprint density at radius 2 is 2.28 bits per heavy atom. The Balaban J connectivity index is 2.19. The lowest BCUT2D eigenvalue weighted by molar-refractivity contribution is 0.198. The Morgan fingerprint density at radius 3 is 2.83 bits per heavy atom. The number of aromatic nitrogens is 2. The van der Waals surface area contributed by atoms with Crippen LogP contribution in [0.1, 0.15) is 31.3 Å². The molecule has 1 atom stereocenters. The number of nitrogens with zero attached hydrogens (tertiary/aromatic N) is 2. The van der Waals surface area contributed by atoms with Gasteiger partial charge in [-0.2, -0.15) is 4.37 Å². The van der Waals surface area contributed by atoms with Crippen LogP contribution in [-0.2, 0) is 6.42 Å². The Hall–Kier alpha value is -0.980. The van der Waals surface area contributed by atoms with Crippen molar-refractivity contribution in [3.8, 4) is 0 Å². The molecule has 1 aromatic heterocycles. The van der Waals surface area contributed by atoms with E-state index in [-0.39, 0.29) is 5.82 Å². The number of benzene rings is 1. The first-order chi connectivity index (χ1) is 8.60. The third-order valence-electron chi connectivity index (χ3n) is 2.40. The smallest absolute Gasteiger partial charge is 0.174 e. The molecule has 3 nitrogen and oxygen atoms in total. The highest BCUT2D eigenvalue weighted by molar-refractivity contribution is 8.01. The second kappa shape index (κ2) is 5.77. The number of aryl methyl sites for hydroxylation is 1. The van der Waals surface area contributed by atoms with Gasteiger partial charge in [0.1, 0.15) is 11.6 Å². The number of aliphatic hydroxyl groups excluding tert-OH is 1. The lowest BCUT2D eigenvalue weighted by Gasteiger charge is -2.06. The summed E-state index contributed by atoms with van der Waals surface area (Å²) < 4.78 is 18.7. The molecule has 0 saturated carbocycles. The van der Waals surface area contributed by atoms with Gasteiger partial charge in [0, 0.05) is 6.42 Å². The molecule has 1 aromatic carbocycles. The summed E-state index contributed by atoms with van der Waals surface area (Å²) in [5, 5.41) is 9.37. The molecule has 1 heterocycles. The molecule has 0 aliphatic rings. The molecule has 96 valence electrons. The van der Waals surface area contributed by atoms with E-state index in [0.717, 1.165) is 16.6 Å². The summed E-state index contributed by atoms with van der Waals surface area (Å²) in [6.45, 7) is 3.59. The minimum atomic E-state index is -0.660. The van der Waals surface area contributed by atoms with Gasteiger partial charge in [-0.15, -0.1) is 0 Å². The van der Waals surface area contributed by atoms with Gasteiger partial charge in [-0.25, -0.2) is 9.37 Å². The standard InChI is InChI=1S/C12H13FN2OS2/c1-3-11-14-12(18-15-11)17-10-5-4-8(7(2)16)6-9(10)13/h4-7,16H,3H2,1-2H3/t7-/m0/s1. The molecule has 2 rings (SSSR count). The van der Waals surface area contributed by atoms with E-state index >= 15 is 0 Å². The van der Waals surface area contributed by atoms with Crippen LogP contribution >= 0.6 is 23.3 Å². The molecule has 0 bridgehead atoms. The molecule has 0 radical (unpaired) electrons. The fourth-order valence-corrected chi connectivity index (χ4v) is 3.04. The minimum Gasteiger partial charge on any atom is -0.389 e. The Morgan fingerprint density at radius 1 is 1.50 bits per heavy atom. The van der Waals surface area contributed by atoms with Crippen molar-refractivity contribution >= 4 is 23.3 Å². The topological polar surface area (TPSA) is 46.0 Å². The fraction of sp³-hybridized carbons (Fsp3) is 0.333. The van der Waals surface area contributed by atoms with E-state index in [1.165, 1.54) is 29.4 Å². The zero-order chi connectivity index (χ0) is 13.1.